The van der Waals surface area contributed by atoms with E-state index in [4.69, 9.17) is 5.26 Å². The Bertz CT molecular complexity index is 604. The van der Waals surface area contributed by atoms with E-state index in [-0.39, 0.29) is 6.04 Å². The second-order valence-corrected chi connectivity index (χ2v) is 5.71. The van der Waals surface area contributed by atoms with Crippen molar-refractivity contribution in [3.8, 4) is 6.07 Å². The number of nitriles is 1. The Balaban J connectivity index is 1.79. The number of nitrogens with zero attached hydrogens (tertiary/aromatic N) is 3. The summed E-state index contributed by atoms with van der Waals surface area (Å²) in [6.07, 6.45) is -3.52. The van der Waals surface area contributed by atoms with Gasteiger partial charge in [0.2, 0.25) is 0 Å². The first kappa shape index (κ1) is 18.1. The summed E-state index contributed by atoms with van der Waals surface area (Å²) in [7, 11) is 1.62. The zero-order valence-electron chi connectivity index (χ0n) is 13.4. The average Bonchev–Trinajstić information content (AvgIpc) is 2.96. The van der Waals surface area contributed by atoms with Crippen LogP contribution < -0.4 is 10.6 Å². The maximum Gasteiger partial charge on any atom is 0.401 e. The van der Waals surface area contributed by atoms with Crippen LogP contribution in [-0.4, -0.2) is 49.8 Å². The minimum Gasteiger partial charge on any atom is -0.352 e. The van der Waals surface area contributed by atoms with Crippen molar-refractivity contribution in [3.05, 3.63) is 35.4 Å². The molecule has 1 atom stereocenters. The fourth-order valence-corrected chi connectivity index (χ4v) is 2.62. The molecular formula is C16H20F3N5. The predicted octanol–water partition coefficient (Wildman–Crippen LogP) is 1.86. The van der Waals surface area contributed by atoms with Crippen LogP contribution in [0.4, 0.5) is 13.2 Å². The molecule has 0 aliphatic carbocycles. The summed E-state index contributed by atoms with van der Waals surface area (Å²) in [5.41, 5.74) is 1.58. The molecule has 2 rings (SSSR count). The van der Waals surface area contributed by atoms with Crippen LogP contribution in [0.3, 0.4) is 0 Å². The van der Waals surface area contributed by atoms with Crippen LogP contribution in [0.2, 0.25) is 0 Å². The Morgan fingerprint density at radius 3 is 2.67 bits per heavy atom. The van der Waals surface area contributed by atoms with Crippen molar-refractivity contribution in [2.45, 2.75) is 25.2 Å². The summed E-state index contributed by atoms with van der Waals surface area (Å²) in [5.74, 6) is 0.554. The van der Waals surface area contributed by atoms with Crippen LogP contribution in [0, 0.1) is 11.3 Å². The van der Waals surface area contributed by atoms with Gasteiger partial charge in [-0.05, 0) is 24.1 Å². The van der Waals surface area contributed by atoms with E-state index in [0.717, 1.165) is 5.56 Å². The van der Waals surface area contributed by atoms with Crippen molar-refractivity contribution >= 4 is 5.96 Å². The van der Waals surface area contributed by atoms with E-state index < -0.39 is 12.7 Å². The topological polar surface area (TPSA) is 63.5 Å². The fraction of sp³-hybridized carbons (Fsp3) is 0.500. The first-order chi connectivity index (χ1) is 11.4. The zero-order valence-corrected chi connectivity index (χ0v) is 13.4. The van der Waals surface area contributed by atoms with Crippen molar-refractivity contribution in [1.82, 2.24) is 15.5 Å². The van der Waals surface area contributed by atoms with Gasteiger partial charge in [-0.1, -0.05) is 12.1 Å². The standard InChI is InChI=1S/C16H20F3N5/c1-21-15(22-9-13-4-2-12(8-20)3-5-13)23-14-6-7-24(10-14)11-16(17,18)19/h2-5,14H,6-7,9-11H2,1H3,(H2,21,22,23). The number of guanidine groups is 1. The second-order valence-electron chi connectivity index (χ2n) is 5.71. The average molecular weight is 339 g/mol. The highest BCUT2D eigenvalue weighted by atomic mass is 19.4. The predicted molar refractivity (Wildman–Crippen MR) is 85.4 cm³/mol. The van der Waals surface area contributed by atoms with E-state index in [1.165, 1.54) is 4.90 Å². The van der Waals surface area contributed by atoms with Gasteiger partial charge in [-0.2, -0.15) is 18.4 Å². The second kappa shape index (κ2) is 8.02. The number of halogens is 3. The van der Waals surface area contributed by atoms with Gasteiger partial charge in [0, 0.05) is 32.7 Å². The summed E-state index contributed by atoms with van der Waals surface area (Å²) in [5, 5.41) is 15.0. The molecule has 0 saturated carbocycles. The van der Waals surface area contributed by atoms with Gasteiger partial charge < -0.3 is 10.6 Å². The van der Waals surface area contributed by atoms with Gasteiger partial charge in [-0.15, -0.1) is 0 Å². The number of benzene rings is 1. The number of hydrogen-bond donors (Lipinski definition) is 2. The molecule has 1 aliphatic heterocycles. The lowest BCUT2D eigenvalue weighted by atomic mass is 10.1. The summed E-state index contributed by atoms with van der Waals surface area (Å²) in [6.45, 7) is 0.410. The van der Waals surface area contributed by atoms with Crippen molar-refractivity contribution in [3.63, 3.8) is 0 Å². The highest BCUT2D eigenvalue weighted by Gasteiger charge is 2.34. The Labute approximate surface area is 139 Å². The minimum absolute atomic E-state index is 0.0560. The molecule has 1 aromatic rings. The first-order valence-corrected chi connectivity index (χ1v) is 7.65. The summed E-state index contributed by atoms with van der Waals surface area (Å²) in [6, 6.07) is 9.17. The van der Waals surface area contributed by atoms with Crippen molar-refractivity contribution < 1.29 is 13.2 Å². The van der Waals surface area contributed by atoms with Gasteiger partial charge in [-0.25, -0.2) is 0 Å². The number of nitrogens with one attached hydrogen (secondary N) is 2. The van der Waals surface area contributed by atoms with Gasteiger partial charge in [0.05, 0.1) is 18.2 Å². The molecule has 0 aromatic heterocycles. The Morgan fingerprint density at radius 1 is 1.38 bits per heavy atom. The van der Waals surface area contributed by atoms with E-state index in [2.05, 4.69) is 21.7 Å². The van der Waals surface area contributed by atoms with Gasteiger partial charge in [-0.3, -0.25) is 9.89 Å². The van der Waals surface area contributed by atoms with Gasteiger partial charge in [0.1, 0.15) is 0 Å². The molecule has 1 saturated heterocycles. The lowest BCUT2D eigenvalue weighted by Gasteiger charge is -2.19. The Kier molecular flexibility index (Phi) is 6.04. The molecule has 1 aliphatic rings. The van der Waals surface area contributed by atoms with Gasteiger partial charge in [0.25, 0.3) is 0 Å². The van der Waals surface area contributed by atoms with Crippen LogP contribution in [0.25, 0.3) is 0 Å². The van der Waals surface area contributed by atoms with Crippen molar-refractivity contribution in [2.24, 2.45) is 4.99 Å². The number of alkyl halides is 3. The van der Waals surface area contributed by atoms with E-state index in [1.54, 1.807) is 19.2 Å². The maximum absolute atomic E-state index is 12.4. The molecule has 5 nitrogen and oxygen atoms in total. The van der Waals surface area contributed by atoms with Crippen LogP contribution in [0.5, 0.6) is 0 Å². The van der Waals surface area contributed by atoms with E-state index in [9.17, 15) is 13.2 Å². The molecule has 1 aromatic carbocycles. The number of hydrogen-bond acceptors (Lipinski definition) is 3. The van der Waals surface area contributed by atoms with Crippen molar-refractivity contribution in [2.75, 3.05) is 26.7 Å². The smallest absolute Gasteiger partial charge is 0.352 e. The van der Waals surface area contributed by atoms with E-state index in [0.29, 0.717) is 37.6 Å². The Morgan fingerprint density at radius 2 is 2.08 bits per heavy atom. The lowest BCUT2D eigenvalue weighted by molar-refractivity contribution is -0.143. The fourth-order valence-electron chi connectivity index (χ4n) is 2.62. The molecule has 2 N–H and O–H groups in total. The number of aliphatic imine (C=N–C) groups is 1. The highest BCUT2D eigenvalue weighted by Crippen LogP contribution is 2.19. The van der Waals surface area contributed by atoms with Gasteiger partial charge >= 0.3 is 6.18 Å². The summed E-state index contributed by atoms with van der Waals surface area (Å²) in [4.78, 5) is 5.50. The lowest BCUT2D eigenvalue weighted by Crippen LogP contribution is -2.44. The molecule has 0 radical (unpaired) electrons. The molecule has 24 heavy (non-hydrogen) atoms. The van der Waals surface area contributed by atoms with Crippen LogP contribution in [0.1, 0.15) is 17.5 Å². The molecular weight excluding hydrogens is 319 g/mol. The van der Waals surface area contributed by atoms with Gasteiger partial charge in [0.15, 0.2) is 5.96 Å². The summed E-state index contributed by atoms with van der Waals surface area (Å²) >= 11 is 0. The third-order valence-corrected chi connectivity index (χ3v) is 3.78. The third-order valence-electron chi connectivity index (χ3n) is 3.78. The van der Waals surface area contributed by atoms with E-state index >= 15 is 0 Å². The molecule has 0 spiro atoms. The normalized spacial score (nSPS) is 19.1. The molecule has 8 heteroatoms. The van der Waals surface area contributed by atoms with Crippen LogP contribution in [-0.2, 0) is 6.54 Å². The third kappa shape index (κ3) is 5.74. The van der Waals surface area contributed by atoms with Crippen molar-refractivity contribution in [1.29, 1.82) is 5.26 Å². The molecule has 0 bridgehead atoms. The maximum atomic E-state index is 12.4. The molecule has 1 unspecified atom stereocenters. The first-order valence-electron chi connectivity index (χ1n) is 7.65. The molecule has 130 valence electrons. The Hall–Kier alpha value is -2.27. The largest absolute Gasteiger partial charge is 0.401 e. The monoisotopic (exact) mass is 339 g/mol. The van der Waals surface area contributed by atoms with Crippen LogP contribution >= 0.6 is 0 Å². The molecule has 1 fully saturated rings. The zero-order chi connectivity index (χ0) is 17.6. The quantitative estimate of drug-likeness (QED) is 0.649. The SMILES string of the molecule is CN=C(NCc1ccc(C#N)cc1)NC1CCN(CC(F)(F)F)C1. The number of likely N-dealkylation sites (tertiary alicyclic amines) is 1. The highest BCUT2D eigenvalue weighted by molar-refractivity contribution is 5.80. The molecule has 1 heterocycles. The number of rotatable bonds is 4. The van der Waals surface area contributed by atoms with Crippen LogP contribution in [0.15, 0.2) is 29.3 Å². The molecule has 0 amide bonds. The minimum atomic E-state index is -4.16. The summed E-state index contributed by atoms with van der Waals surface area (Å²) < 4.78 is 37.2. The van der Waals surface area contributed by atoms with E-state index in [1.807, 2.05) is 12.1 Å².